The molecule has 0 unspecified atom stereocenters. The number of ether oxygens (including phenoxy) is 2. The van der Waals surface area contributed by atoms with Gasteiger partial charge >= 0.3 is 6.01 Å². The van der Waals surface area contributed by atoms with Crippen LogP contribution in [0.3, 0.4) is 0 Å². The van der Waals surface area contributed by atoms with Crippen molar-refractivity contribution in [3.8, 4) is 5.75 Å². The van der Waals surface area contributed by atoms with Crippen molar-refractivity contribution in [3.05, 3.63) is 34.1 Å². The van der Waals surface area contributed by atoms with Gasteiger partial charge < -0.3 is 13.9 Å². The number of nitrogens with zero attached hydrogens (tertiary/aromatic N) is 2. The van der Waals surface area contributed by atoms with E-state index in [4.69, 9.17) is 37.1 Å². The van der Waals surface area contributed by atoms with Crippen molar-refractivity contribution in [2.75, 3.05) is 18.5 Å². The van der Waals surface area contributed by atoms with Gasteiger partial charge in [0, 0.05) is 11.6 Å². The lowest BCUT2D eigenvalue weighted by Gasteiger charge is -2.07. The second-order valence-electron chi connectivity index (χ2n) is 4.86. The van der Waals surface area contributed by atoms with Crippen molar-refractivity contribution in [1.82, 2.24) is 10.2 Å². The standard InChI is InChI=1S/C14H13Cl2N3O4/c15-8-3-4-10(9(16)6-8)22-7-12(20)17-14-19-18-13(23-14)11-2-1-5-21-11/h3-4,6,11H,1-2,5,7H2,(H,17,19,20)/t11-/m0/s1. The Bertz CT molecular complexity index is 701. The molecule has 2 aromatic rings. The van der Waals surface area contributed by atoms with Crippen LogP contribution in [0.1, 0.15) is 24.8 Å². The highest BCUT2D eigenvalue weighted by Gasteiger charge is 2.24. The van der Waals surface area contributed by atoms with Crippen LogP contribution in [-0.4, -0.2) is 29.3 Å². The highest BCUT2D eigenvalue weighted by Crippen LogP contribution is 2.28. The van der Waals surface area contributed by atoms with Gasteiger partial charge in [-0.3, -0.25) is 10.1 Å². The predicted octanol–water partition coefficient (Wildman–Crippen LogP) is 3.25. The Morgan fingerprint density at radius 1 is 1.39 bits per heavy atom. The van der Waals surface area contributed by atoms with Crippen molar-refractivity contribution in [2.24, 2.45) is 0 Å². The molecule has 1 aliphatic heterocycles. The molecule has 7 nitrogen and oxygen atoms in total. The smallest absolute Gasteiger partial charge is 0.322 e. The molecule has 9 heteroatoms. The summed E-state index contributed by atoms with van der Waals surface area (Å²) in [4.78, 5) is 11.8. The van der Waals surface area contributed by atoms with Crippen LogP contribution in [-0.2, 0) is 9.53 Å². The molecule has 0 spiro atoms. The lowest BCUT2D eigenvalue weighted by Crippen LogP contribution is -2.20. The maximum absolute atomic E-state index is 11.8. The van der Waals surface area contributed by atoms with E-state index in [0.29, 0.717) is 28.3 Å². The Kier molecular flexibility index (Phi) is 5.00. The normalized spacial score (nSPS) is 17.2. The number of benzene rings is 1. The number of hydrogen-bond donors (Lipinski definition) is 1. The molecule has 23 heavy (non-hydrogen) atoms. The van der Waals surface area contributed by atoms with Crippen molar-refractivity contribution >= 4 is 35.1 Å². The minimum Gasteiger partial charge on any atom is -0.482 e. The molecule has 1 amide bonds. The summed E-state index contributed by atoms with van der Waals surface area (Å²) in [5, 5.41) is 10.9. The second kappa shape index (κ2) is 7.16. The third kappa shape index (κ3) is 4.13. The van der Waals surface area contributed by atoms with Crippen LogP contribution in [0.2, 0.25) is 10.0 Å². The molecule has 1 aliphatic rings. The molecule has 1 saturated heterocycles. The monoisotopic (exact) mass is 357 g/mol. The number of rotatable bonds is 5. The lowest BCUT2D eigenvalue weighted by atomic mass is 10.2. The summed E-state index contributed by atoms with van der Waals surface area (Å²) in [6, 6.07) is 4.74. The number of anilines is 1. The number of nitrogens with one attached hydrogen (secondary N) is 1. The first kappa shape index (κ1) is 16.0. The summed E-state index contributed by atoms with van der Waals surface area (Å²) in [7, 11) is 0. The summed E-state index contributed by atoms with van der Waals surface area (Å²) < 4.78 is 16.1. The summed E-state index contributed by atoms with van der Waals surface area (Å²) in [6.45, 7) is 0.420. The fraction of sp³-hybridized carbons (Fsp3) is 0.357. The van der Waals surface area contributed by atoms with Gasteiger partial charge in [-0.25, -0.2) is 0 Å². The molecule has 3 rings (SSSR count). The predicted molar refractivity (Wildman–Crippen MR) is 82.8 cm³/mol. The molecular formula is C14H13Cl2N3O4. The molecule has 0 aliphatic carbocycles. The van der Waals surface area contributed by atoms with Gasteiger partial charge in [-0.1, -0.05) is 28.3 Å². The molecule has 1 N–H and O–H groups in total. The van der Waals surface area contributed by atoms with E-state index in [9.17, 15) is 4.79 Å². The van der Waals surface area contributed by atoms with E-state index >= 15 is 0 Å². The Hall–Kier alpha value is -1.83. The van der Waals surface area contributed by atoms with Gasteiger partial charge in [0.15, 0.2) is 6.61 Å². The number of halogens is 2. The van der Waals surface area contributed by atoms with Gasteiger partial charge in [0.1, 0.15) is 11.9 Å². The van der Waals surface area contributed by atoms with Crippen LogP contribution < -0.4 is 10.1 Å². The third-order valence-electron chi connectivity index (χ3n) is 3.14. The van der Waals surface area contributed by atoms with E-state index in [1.807, 2.05) is 0 Å². The van der Waals surface area contributed by atoms with Gasteiger partial charge in [0.2, 0.25) is 5.89 Å². The Morgan fingerprint density at radius 2 is 2.26 bits per heavy atom. The number of amides is 1. The van der Waals surface area contributed by atoms with E-state index in [2.05, 4.69) is 15.5 Å². The van der Waals surface area contributed by atoms with Gasteiger partial charge in [-0.2, -0.15) is 0 Å². The zero-order chi connectivity index (χ0) is 16.2. The fourth-order valence-corrected chi connectivity index (χ4v) is 2.54. The third-order valence-corrected chi connectivity index (χ3v) is 3.68. The number of hydrogen-bond acceptors (Lipinski definition) is 6. The quantitative estimate of drug-likeness (QED) is 0.883. The van der Waals surface area contributed by atoms with E-state index < -0.39 is 5.91 Å². The molecule has 2 heterocycles. The summed E-state index contributed by atoms with van der Waals surface area (Å²) in [5.74, 6) is 0.273. The first-order valence-electron chi connectivity index (χ1n) is 6.94. The topological polar surface area (TPSA) is 86.5 Å². The van der Waals surface area contributed by atoms with Crippen molar-refractivity contribution in [3.63, 3.8) is 0 Å². The molecule has 0 radical (unpaired) electrons. The average molecular weight is 358 g/mol. The SMILES string of the molecule is O=C(COc1ccc(Cl)cc1Cl)Nc1nnc([C@@H]2CCCO2)o1. The minimum atomic E-state index is -0.446. The van der Waals surface area contributed by atoms with Crippen LogP contribution in [0.5, 0.6) is 5.75 Å². The Labute approximate surface area is 141 Å². The Morgan fingerprint density at radius 3 is 3.00 bits per heavy atom. The van der Waals surface area contributed by atoms with Gasteiger partial charge in [0.05, 0.1) is 5.02 Å². The molecule has 1 fully saturated rings. The second-order valence-corrected chi connectivity index (χ2v) is 5.70. The molecule has 122 valence electrons. The molecule has 1 aromatic carbocycles. The highest BCUT2D eigenvalue weighted by molar-refractivity contribution is 6.35. The minimum absolute atomic E-state index is 0.00584. The van der Waals surface area contributed by atoms with Crippen molar-refractivity contribution in [1.29, 1.82) is 0 Å². The largest absolute Gasteiger partial charge is 0.482 e. The molecule has 0 bridgehead atoms. The van der Waals surface area contributed by atoms with Crippen molar-refractivity contribution < 1.29 is 18.7 Å². The summed E-state index contributed by atoms with van der Waals surface area (Å²) >= 11 is 11.7. The summed E-state index contributed by atoms with van der Waals surface area (Å²) in [6.07, 6.45) is 1.58. The fourth-order valence-electron chi connectivity index (χ4n) is 2.08. The van der Waals surface area contributed by atoms with Gasteiger partial charge in [-0.05, 0) is 31.0 Å². The zero-order valence-electron chi connectivity index (χ0n) is 11.9. The zero-order valence-corrected chi connectivity index (χ0v) is 13.4. The maximum atomic E-state index is 11.8. The van der Waals surface area contributed by atoms with E-state index in [-0.39, 0.29) is 18.7 Å². The molecule has 0 saturated carbocycles. The number of carbonyl (C=O) groups excluding carboxylic acids is 1. The first-order chi connectivity index (χ1) is 11.1. The van der Waals surface area contributed by atoms with Crippen LogP contribution in [0.25, 0.3) is 0 Å². The van der Waals surface area contributed by atoms with E-state index in [0.717, 1.165) is 12.8 Å². The lowest BCUT2D eigenvalue weighted by molar-refractivity contribution is -0.118. The van der Waals surface area contributed by atoms with Crippen molar-refractivity contribution in [2.45, 2.75) is 18.9 Å². The molecule has 1 aromatic heterocycles. The average Bonchev–Trinajstić information content (AvgIpc) is 3.17. The Balaban J connectivity index is 1.53. The van der Waals surface area contributed by atoms with Crippen LogP contribution in [0, 0.1) is 0 Å². The van der Waals surface area contributed by atoms with E-state index in [1.165, 1.54) is 6.07 Å². The number of carbonyl (C=O) groups is 1. The number of aromatic nitrogens is 2. The van der Waals surface area contributed by atoms with Gasteiger partial charge in [-0.15, -0.1) is 5.10 Å². The molecule has 1 atom stereocenters. The molecular weight excluding hydrogens is 345 g/mol. The van der Waals surface area contributed by atoms with Gasteiger partial charge in [0.25, 0.3) is 5.91 Å². The van der Waals surface area contributed by atoms with Crippen LogP contribution >= 0.6 is 23.2 Å². The summed E-state index contributed by atoms with van der Waals surface area (Å²) in [5.41, 5.74) is 0. The van der Waals surface area contributed by atoms with Crippen LogP contribution in [0.4, 0.5) is 6.01 Å². The van der Waals surface area contributed by atoms with E-state index in [1.54, 1.807) is 12.1 Å². The first-order valence-corrected chi connectivity index (χ1v) is 7.70. The maximum Gasteiger partial charge on any atom is 0.322 e. The van der Waals surface area contributed by atoms with Crippen LogP contribution in [0.15, 0.2) is 22.6 Å². The highest BCUT2D eigenvalue weighted by atomic mass is 35.5.